The molecule has 2 aromatic heterocycles. The van der Waals surface area contributed by atoms with Crippen LogP contribution in [0.25, 0.3) is 0 Å². The molecule has 4 rings (SSSR count). The Kier molecular flexibility index (Phi) is 6.13. The van der Waals surface area contributed by atoms with Crippen molar-refractivity contribution in [1.29, 1.82) is 0 Å². The molecule has 2 aliphatic rings. The molecule has 2 fully saturated rings. The SMILES string of the molecule is COc1ccc(C(=O)NC[C@H]2CCC3(CCN(C(=O)c4ccoc4)CC3)O2)c(OC)n1. The van der Waals surface area contributed by atoms with Gasteiger partial charge >= 0.3 is 0 Å². The maximum absolute atomic E-state index is 12.6. The first-order chi connectivity index (χ1) is 15.0. The molecular weight excluding hydrogens is 402 g/mol. The Morgan fingerprint density at radius 1 is 1.19 bits per heavy atom. The van der Waals surface area contributed by atoms with Crippen LogP contribution >= 0.6 is 0 Å². The minimum absolute atomic E-state index is 0.00698. The van der Waals surface area contributed by atoms with E-state index in [0.29, 0.717) is 36.6 Å². The number of methoxy groups -OCH3 is 2. The van der Waals surface area contributed by atoms with E-state index in [9.17, 15) is 9.59 Å². The van der Waals surface area contributed by atoms with Gasteiger partial charge in [0.15, 0.2) is 0 Å². The molecule has 2 saturated heterocycles. The highest BCUT2D eigenvalue weighted by atomic mass is 16.5. The van der Waals surface area contributed by atoms with Gasteiger partial charge in [-0.05, 0) is 37.8 Å². The summed E-state index contributed by atoms with van der Waals surface area (Å²) in [6, 6.07) is 4.94. The van der Waals surface area contributed by atoms with Crippen molar-refractivity contribution in [3.05, 3.63) is 41.9 Å². The van der Waals surface area contributed by atoms with Crippen LogP contribution in [0.2, 0.25) is 0 Å². The number of hydrogen-bond donors (Lipinski definition) is 1. The lowest BCUT2D eigenvalue weighted by Crippen LogP contribution is -2.47. The third-order valence-electron chi connectivity index (χ3n) is 6.04. The van der Waals surface area contributed by atoms with Crippen molar-refractivity contribution in [2.75, 3.05) is 33.9 Å². The van der Waals surface area contributed by atoms with Gasteiger partial charge in [-0.1, -0.05) is 0 Å². The Morgan fingerprint density at radius 3 is 2.68 bits per heavy atom. The van der Waals surface area contributed by atoms with E-state index in [4.69, 9.17) is 18.6 Å². The molecule has 0 saturated carbocycles. The molecule has 1 atom stereocenters. The second kappa shape index (κ2) is 8.97. The van der Waals surface area contributed by atoms with E-state index in [1.54, 1.807) is 18.2 Å². The zero-order chi connectivity index (χ0) is 21.8. The molecule has 31 heavy (non-hydrogen) atoms. The fourth-order valence-electron chi connectivity index (χ4n) is 4.26. The van der Waals surface area contributed by atoms with Crippen molar-refractivity contribution in [3.8, 4) is 11.8 Å². The Bertz CT molecular complexity index is 921. The minimum atomic E-state index is -0.267. The fourth-order valence-corrected chi connectivity index (χ4v) is 4.26. The van der Waals surface area contributed by atoms with Gasteiger partial charge in [-0.3, -0.25) is 9.59 Å². The van der Waals surface area contributed by atoms with E-state index in [2.05, 4.69) is 10.3 Å². The van der Waals surface area contributed by atoms with Crippen LogP contribution in [0.5, 0.6) is 11.8 Å². The van der Waals surface area contributed by atoms with Crippen LogP contribution in [-0.2, 0) is 4.74 Å². The van der Waals surface area contributed by atoms with Crippen LogP contribution < -0.4 is 14.8 Å². The summed E-state index contributed by atoms with van der Waals surface area (Å²) in [7, 11) is 2.97. The second-order valence-electron chi connectivity index (χ2n) is 7.89. The Morgan fingerprint density at radius 2 is 2.00 bits per heavy atom. The summed E-state index contributed by atoms with van der Waals surface area (Å²) in [5, 5.41) is 2.92. The van der Waals surface area contributed by atoms with Gasteiger partial charge < -0.3 is 28.8 Å². The molecular formula is C22H27N3O6. The Hall–Kier alpha value is -3.07. The topological polar surface area (TPSA) is 103 Å². The van der Waals surface area contributed by atoms with E-state index < -0.39 is 0 Å². The number of likely N-dealkylation sites (tertiary alicyclic amines) is 1. The lowest BCUT2D eigenvalue weighted by molar-refractivity contribution is -0.0712. The average molecular weight is 429 g/mol. The number of nitrogens with zero attached hydrogens (tertiary/aromatic N) is 2. The van der Waals surface area contributed by atoms with Crippen molar-refractivity contribution < 1.29 is 28.2 Å². The summed E-state index contributed by atoms with van der Waals surface area (Å²) in [5.41, 5.74) is 0.705. The molecule has 0 radical (unpaired) electrons. The van der Waals surface area contributed by atoms with Crippen LogP contribution in [0.1, 0.15) is 46.4 Å². The molecule has 0 aromatic carbocycles. The maximum atomic E-state index is 12.6. The second-order valence-corrected chi connectivity index (χ2v) is 7.89. The van der Waals surface area contributed by atoms with Crippen LogP contribution in [0, 0.1) is 0 Å². The van der Waals surface area contributed by atoms with Gasteiger partial charge in [0.2, 0.25) is 11.8 Å². The summed E-state index contributed by atoms with van der Waals surface area (Å²) in [6.45, 7) is 1.71. The number of amides is 2. The van der Waals surface area contributed by atoms with Crippen molar-refractivity contribution in [1.82, 2.24) is 15.2 Å². The maximum Gasteiger partial charge on any atom is 0.257 e. The molecule has 1 N–H and O–H groups in total. The summed E-state index contributed by atoms with van der Waals surface area (Å²) in [6.07, 6.45) is 6.30. The number of ether oxygens (including phenoxy) is 3. The van der Waals surface area contributed by atoms with Crippen LogP contribution in [0.4, 0.5) is 0 Å². The quantitative estimate of drug-likeness (QED) is 0.751. The van der Waals surface area contributed by atoms with Gasteiger partial charge in [0.25, 0.3) is 11.8 Å². The number of pyridine rings is 1. The predicted molar refractivity (Wildman–Crippen MR) is 110 cm³/mol. The summed E-state index contributed by atoms with van der Waals surface area (Å²) in [5.74, 6) is 0.326. The molecule has 0 unspecified atom stereocenters. The predicted octanol–water partition coefficient (Wildman–Crippen LogP) is 2.28. The van der Waals surface area contributed by atoms with Crippen LogP contribution in [-0.4, -0.2) is 67.3 Å². The highest BCUT2D eigenvalue weighted by molar-refractivity contribution is 5.96. The standard InChI is InChI=1S/C22H27N3O6/c1-28-18-4-3-17(20(24-18)29-2)19(26)23-13-16-5-7-22(31-16)8-10-25(11-9-22)21(27)15-6-12-30-14-15/h3-4,6,12,14,16H,5,7-11,13H2,1-2H3,(H,23,26)/t16-/m1/s1. The van der Waals surface area contributed by atoms with Gasteiger partial charge in [0.05, 0.1) is 37.8 Å². The van der Waals surface area contributed by atoms with Gasteiger partial charge in [-0.15, -0.1) is 0 Å². The van der Waals surface area contributed by atoms with E-state index in [1.165, 1.54) is 26.7 Å². The largest absolute Gasteiger partial charge is 0.481 e. The molecule has 0 bridgehead atoms. The first kappa shape index (κ1) is 21.2. The van der Waals surface area contributed by atoms with E-state index in [1.807, 2.05) is 4.90 Å². The Labute approximate surface area is 180 Å². The third kappa shape index (κ3) is 4.51. The van der Waals surface area contributed by atoms with Gasteiger partial charge in [-0.2, -0.15) is 4.98 Å². The summed E-state index contributed by atoms with van der Waals surface area (Å²) in [4.78, 5) is 31.1. The molecule has 166 valence electrons. The highest BCUT2D eigenvalue weighted by Gasteiger charge is 2.43. The summed E-state index contributed by atoms with van der Waals surface area (Å²) < 4.78 is 21.6. The van der Waals surface area contributed by atoms with Gasteiger partial charge in [-0.25, -0.2) is 0 Å². The molecule has 2 aliphatic heterocycles. The molecule has 1 spiro atoms. The molecule has 9 nitrogen and oxygen atoms in total. The number of carbonyl (C=O) groups is 2. The minimum Gasteiger partial charge on any atom is -0.481 e. The molecule has 4 heterocycles. The van der Waals surface area contributed by atoms with Crippen molar-refractivity contribution >= 4 is 11.8 Å². The van der Waals surface area contributed by atoms with E-state index in [0.717, 1.165) is 25.7 Å². The number of rotatable bonds is 6. The molecule has 9 heteroatoms. The number of piperidine rings is 1. The van der Waals surface area contributed by atoms with Crippen LogP contribution in [0.15, 0.2) is 35.1 Å². The lowest BCUT2D eigenvalue weighted by atomic mass is 9.88. The van der Waals surface area contributed by atoms with Crippen LogP contribution in [0.3, 0.4) is 0 Å². The lowest BCUT2D eigenvalue weighted by Gasteiger charge is -2.39. The van der Waals surface area contributed by atoms with Gasteiger partial charge in [0, 0.05) is 25.7 Å². The first-order valence-corrected chi connectivity index (χ1v) is 10.4. The fraction of sp³-hybridized carbons (Fsp3) is 0.500. The number of hydrogen-bond acceptors (Lipinski definition) is 7. The zero-order valence-electron chi connectivity index (χ0n) is 17.8. The molecule has 2 aromatic rings. The number of furan rings is 1. The van der Waals surface area contributed by atoms with Gasteiger partial charge in [0.1, 0.15) is 11.8 Å². The normalized spacial score (nSPS) is 19.9. The smallest absolute Gasteiger partial charge is 0.257 e. The van der Waals surface area contributed by atoms with Crippen molar-refractivity contribution in [3.63, 3.8) is 0 Å². The Balaban J connectivity index is 1.28. The highest BCUT2D eigenvalue weighted by Crippen LogP contribution is 2.39. The van der Waals surface area contributed by atoms with E-state index in [-0.39, 0.29) is 29.4 Å². The first-order valence-electron chi connectivity index (χ1n) is 10.4. The summed E-state index contributed by atoms with van der Waals surface area (Å²) >= 11 is 0. The zero-order valence-corrected chi connectivity index (χ0v) is 17.8. The molecule has 0 aliphatic carbocycles. The number of nitrogens with one attached hydrogen (secondary N) is 1. The molecule has 2 amide bonds. The monoisotopic (exact) mass is 429 g/mol. The number of aromatic nitrogens is 1. The van der Waals surface area contributed by atoms with Crippen molar-refractivity contribution in [2.24, 2.45) is 0 Å². The number of carbonyl (C=O) groups excluding carboxylic acids is 2. The third-order valence-corrected chi connectivity index (χ3v) is 6.04. The van der Waals surface area contributed by atoms with Crippen molar-refractivity contribution in [2.45, 2.75) is 37.4 Å². The van der Waals surface area contributed by atoms with E-state index >= 15 is 0 Å². The average Bonchev–Trinajstić information content (AvgIpc) is 3.48.